The molecule has 0 saturated carbocycles. The van der Waals surface area contributed by atoms with Crippen LogP contribution in [0.4, 0.5) is 0 Å². The Morgan fingerprint density at radius 2 is 2.00 bits per heavy atom. The normalized spacial score (nSPS) is 12.6. The Balaban J connectivity index is 0.00000441. The minimum absolute atomic E-state index is 0. The van der Waals surface area contributed by atoms with Crippen molar-refractivity contribution in [2.45, 2.75) is 24.8 Å². The summed E-state index contributed by atoms with van der Waals surface area (Å²) in [6, 6.07) is 1.43. The number of carbonyl (C=O) groups is 1. The number of nitrogens with one attached hydrogen (secondary N) is 2. The first-order valence-corrected chi connectivity index (χ1v) is 8.28. The maximum absolute atomic E-state index is 12.2. The van der Waals surface area contributed by atoms with Crippen molar-refractivity contribution in [2.75, 3.05) is 27.2 Å². The summed E-state index contributed by atoms with van der Waals surface area (Å²) in [4.78, 5) is 13.4. The molecule has 0 saturated heterocycles. The highest BCUT2D eigenvalue weighted by molar-refractivity contribution is 7.89. The second kappa shape index (κ2) is 8.52. The molecule has 0 radical (unpaired) electrons. The van der Waals surface area contributed by atoms with Gasteiger partial charge >= 0.3 is 0 Å². The third kappa shape index (κ3) is 5.28. The summed E-state index contributed by atoms with van der Waals surface area (Å²) in [6.07, 6.45) is 1.44. The van der Waals surface area contributed by atoms with Crippen LogP contribution in [0.3, 0.4) is 0 Å². The van der Waals surface area contributed by atoms with Gasteiger partial charge in [0.15, 0.2) is 0 Å². The lowest BCUT2D eigenvalue weighted by Crippen LogP contribution is -2.38. The first kappa shape index (κ1) is 20.9. The number of halogens is 1. The van der Waals surface area contributed by atoms with Crippen molar-refractivity contribution in [2.24, 2.45) is 7.05 Å². The predicted molar refractivity (Wildman–Crippen MR) is 89.0 cm³/mol. The van der Waals surface area contributed by atoms with Crippen LogP contribution in [0.1, 0.15) is 24.3 Å². The highest BCUT2D eigenvalue weighted by Crippen LogP contribution is 2.14. The second-order valence-corrected chi connectivity index (χ2v) is 6.95. The number of aryl methyl sites for hydroxylation is 1. The van der Waals surface area contributed by atoms with Crippen LogP contribution >= 0.6 is 12.4 Å². The number of hydrogen-bond acceptors (Lipinski definition) is 4. The topological polar surface area (TPSA) is 83.4 Å². The molecular formula is C13H25ClN4O3S. The van der Waals surface area contributed by atoms with E-state index in [1.54, 1.807) is 21.1 Å². The van der Waals surface area contributed by atoms with E-state index < -0.39 is 10.0 Å². The van der Waals surface area contributed by atoms with Gasteiger partial charge in [0.2, 0.25) is 10.0 Å². The smallest absolute Gasteiger partial charge is 0.269 e. The van der Waals surface area contributed by atoms with E-state index in [0.717, 1.165) is 6.54 Å². The Hall–Kier alpha value is -1.09. The SMILES string of the molecule is CCN[C@H](C)CNS(=O)(=O)c1cc(C(=O)N(C)C)n(C)c1.Cl. The monoisotopic (exact) mass is 352 g/mol. The van der Waals surface area contributed by atoms with E-state index in [1.807, 2.05) is 13.8 Å². The van der Waals surface area contributed by atoms with Crippen LogP contribution in [0.25, 0.3) is 0 Å². The summed E-state index contributed by atoms with van der Waals surface area (Å²) in [5, 5.41) is 3.13. The van der Waals surface area contributed by atoms with E-state index in [9.17, 15) is 13.2 Å². The first-order chi connectivity index (χ1) is 9.69. The molecule has 0 aliphatic rings. The Morgan fingerprint density at radius 3 is 2.50 bits per heavy atom. The van der Waals surface area contributed by atoms with E-state index >= 15 is 0 Å². The number of rotatable bonds is 7. The van der Waals surface area contributed by atoms with E-state index in [0.29, 0.717) is 12.2 Å². The third-order valence-electron chi connectivity index (χ3n) is 3.05. The fourth-order valence-corrected chi connectivity index (χ4v) is 3.06. The molecule has 7 nitrogen and oxygen atoms in total. The van der Waals surface area contributed by atoms with Crippen molar-refractivity contribution in [3.05, 3.63) is 18.0 Å². The summed E-state index contributed by atoms with van der Waals surface area (Å²) in [5.41, 5.74) is 0.333. The fraction of sp³-hybridized carbons (Fsp3) is 0.615. The van der Waals surface area contributed by atoms with E-state index in [-0.39, 0.29) is 29.3 Å². The molecule has 0 spiro atoms. The molecule has 1 rings (SSSR count). The largest absolute Gasteiger partial charge is 0.345 e. The number of nitrogens with zero attached hydrogens (tertiary/aromatic N) is 2. The van der Waals surface area contributed by atoms with Crippen molar-refractivity contribution in [3.63, 3.8) is 0 Å². The van der Waals surface area contributed by atoms with E-state index in [4.69, 9.17) is 0 Å². The number of hydrogen-bond donors (Lipinski definition) is 2. The van der Waals surface area contributed by atoms with Crippen molar-refractivity contribution in [1.29, 1.82) is 0 Å². The molecule has 1 aromatic heterocycles. The van der Waals surface area contributed by atoms with Crippen molar-refractivity contribution in [1.82, 2.24) is 19.5 Å². The lowest BCUT2D eigenvalue weighted by atomic mass is 10.3. The molecule has 128 valence electrons. The molecule has 9 heteroatoms. The minimum Gasteiger partial charge on any atom is -0.345 e. The molecule has 1 amide bonds. The van der Waals surface area contributed by atoms with Crippen LogP contribution in [0, 0.1) is 0 Å². The zero-order valence-corrected chi connectivity index (χ0v) is 15.2. The van der Waals surface area contributed by atoms with Gasteiger partial charge in [-0.2, -0.15) is 0 Å². The summed E-state index contributed by atoms with van der Waals surface area (Å²) in [7, 11) is 1.28. The zero-order valence-electron chi connectivity index (χ0n) is 13.6. The molecule has 2 N–H and O–H groups in total. The molecule has 1 aromatic rings. The summed E-state index contributed by atoms with van der Waals surface area (Å²) in [6.45, 7) is 4.93. The zero-order chi connectivity index (χ0) is 16.2. The Kier molecular flexibility index (Phi) is 8.10. The first-order valence-electron chi connectivity index (χ1n) is 6.80. The van der Waals surface area contributed by atoms with Crippen LogP contribution in [0.5, 0.6) is 0 Å². The average molecular weight is 353 g/mol. The Bertz CT molecular complexity index is 598. The van der Waals surface area contributed by atoms with Gasteiger partial charge < -0.3 is 14.8 Å². The third-order valence-corrected chi connectivity index (χ3v) is 4.44. The van der Waals surface area contributed by atoms with Gasteiger partial charge in [-0.15, -0.1) is 12.4 Å². The molecule has 1 heterocycles. The van der Waals surface area contributed by atoms with Crippen molar-refractivity contribution in [3.8, 4) is 0 Å². The van der Waals surface area contributed by atoms with E-state index in [2.05, 4.69) is 10.0 Å². The van der Waals surface area contributed by atoms with Crippen molar-refractivity contribution >= 4 is 28.3 Å². The Morgan fingerprint density at radius 1 is 1.41 bits per heavy atom. The number of sulfonamides is 1. The number of carbonyl (C=O) groups excluding carboxylic acids is 1. The maximum Gasteiger partial charge on any atom is 0.269 e. The molecule has 22 heavy (non-hydrogen) atoms. The highest BCUT2D eigenvalue weighted by Gasteiger charge is 2.21. The van der Waals surface area contributed by atoms with Gasteiger partial charge in [0.25, 0.3) is 5.91 Å². The van der Waals surface area contributed by atoms with Crippen molar-refractivity contribution < 1.29 is 13.2 Å². The minimum atomic E-state index is -3.62. The molecule has 0 aliphatic heterocycles. The summed E-state index contributed by atoms with van der Waals surface area (Å²) < 4.78 is 28.5. The molecule has 0 fully saturated rings. The van der Waals surface area contributed by atoms with Crippen LogP contribution in [0.15, 0.2) is 17.2 Å². The lowest BCUT2D eigenvalue weighted by molar-refractivity contribution is 0.0818. The van der Waals surface area contributed by atoms with Crippen LogP contribution < -0.4 is 10.0 Å². The van der Waals surface area contributed by atoms with Crippen LogP contribution in [-0.2, 0) is 17.1 Å². The van der Waals surface area contributed by atoms with Gasteiger partial charge in [0.1, 0.15) is 10.6 Å². The maximum atomic E-state index is 12.2. The Labute approximate surface area is 138 Å². The average Bonchev–Trinajstić information content (AvgIpc) is 2.79. The molecule has 0 bridgehead atoms. The summed E-state index contributed by atoms with van der Waals surface area (Å²) in [5.74, 6) is -0.236. The van der Waals surface area contributed by atoms with Gasteiger partial charge in [0.05, 0.1) is 0 Å². The van der Waals surface area contributed by atoms with Gasteiger partial charge in [-0.05, 0) is 19.5 Å². The molecule has 1 atom stereocenters. The molecule has 0 aliphatic carbocycles. The summed E-state index contributed by atoms with van der Waals surface area (Å²) >= 11 is 0. The lowest BCUT2D eigenvalue weighted by Gasteiger charge is -2.12. The van der Waals surface area contributed by atoms with Gasteiger partial charge in [-0.25, -0.2) is 13.1 Å². The van der Waals surface area contributed by atoms with Gasteiger partial charge in [-0.3, -0.25) is 4.79 Å². The number of aromatic nitrogens is 1. The predicted octanol–water partition coefficient (Wildman–Crippen LogP) is 0.425. The van der Waals surface area contributed by atoms with Crippen LogP contribution in [-0.4, -0.2) is 57.0 Å². The number of amides is 1. The molecular weight excluding hydrogens is 328 g/mol. The molecule has 0 aromatic carbocycles. The quantitative estimate of drug-likeness (QED) is 0.745. The second-order valence-electron chi connectivity index (χ2n) is 5.18. The fourth-order valence-electron chi connectivity index (χ4n) is 1.86. The van der Waals surface area contributed by atoms with Crippen LogP contribution in [0.2, 0.25) is 0 Å². The van der Waals surface area contributed by atoms with E-state index in [1.165, 1.54) is 21.7 Å². The number of likely N-dealkylation sites (N-methyl/N-ethyl adjacent to an activating group) is 1. The molecule has 0 unspecified atom stereocenters. The van der Waals surface area contributed by atoms with Gasteiger partial charge in [-0.1, -0.05) is 6.92 Å². The van der Waals surface area contributed by atoms with Gasteiger partial charge in [0, 0.05) is 39.9 Å². The standard InChI is InChI=1S/C13H24N4O3S.ClH/c1-6-14-10(2)8-15-21(19,20)11-7-12(17(5)9-11)13(18)16(3)4;/h7,9-10,14-15H,6,8H2,1-5H3;1H/t10-;/m1./s1. The highest BCUT2D eigenvalue weighted by atomic mass is 35.5.